The molecule has 4 heteroatoms. The normalized spacial score (nSPS) is 8.90. The minimum Gasteiger partial charge on any atom is -1.00 e. The first-order valence-electron chi connectivity index (χ1n) is 6.37. The van der Waals surface area contributed by atoms with E-state index in [0.29, 0.717) is 0 Å². The third-order valence-corrected chi connectivity index (χ3v) is 2.74. The molecule has 0 spiro atoms. The molecule has 2 heterocycles. The summed E-state index contributed by atoms with van der Waals surface area (Å²) in [5.74, 6) is 0. The molecule has 0 unspecified atom stereocenters. The molecule has 0 fully saturated rings. The Kier molecular flexibility index (Phi) is 9.52. The van der Waals surface area contributed by atoms with Crippen LogP contribution >= 0.6 is 0 Å². The summed E-state index contributed by atoms with van der Waals surface area (Å²) in [4.78, 5) is 8.42. The van der Waals surface area contributed by atoms with E-state index in [-0.39, 0.29) is 42.8 Å². The molecular formula is C17H18ILiN2. The van der Waals surface area contributed by atoms with E-state index in [1.165, 1.54) is 10.9 Å². The molecule has 21 heavy (non-hydrogen) atoms. The first kappa shape index (κ1) is 20.1. The van der Waals surface area contributed by atoms with E-state index in [1.54, 1.807) is 0 Å². The fraction of sp³-hybridized carbons (Fsp3) is 0.176. The minimum atomic E-state index is 0. The van der Waals surface area contributed by atoms with Gasteiger partial charge in [-0.1, -0.05) is 24.3 Å². The topological polar surface area (TPSA) is 25.8 Å². The molecule has 0 atom stereocenters. The molecule has 2 aromatic heterocycles. The second-order valence-electron chi connectivity index (χ2n) is 4.62. The summed E-state index contributed by atoms with van der Waals surface area (Å²) in [6.07, 6.45) is 1.81. The molecule has 0 aliphatic rings. The molecule has 3 aromatic rings. The van der Waals surface area contributed by atoms with E-state index < -0.39 is 0 Å². The Bertz CT molecular complexity index is 570. The van der Waals surface area contributed by atoms with E-state index in [1.807, 2.05) is 44.3 Å². The van der Waals surface area contributed by atoms with Crippen molar-refractivity contribution < 1.29 is 42.8 Å². The number of pyridine rings is 2. The van der Waals surface area contributed by atoms with Crippen LogP contribution in [0.3, 0.4) is 0 Å². The Balaban J connectivity index is 0.000000350. The number of benzene rings is 1. The molecule has 0 aliphatic carbocycles. The average molecular weight is 384 g/mol. The van der Waals surface area contributed by atoms with Crippen molar-refractivity contribution in [1.29, 1.82) is 0 Å². The zero-order valence-corrected chi connectivity index (χ0v) is 15.1. The summed E-state index contributed by atoms with van der Waals surface area (Å²) >= 11 is 0. The number of hydrogen-bond donors (Lipinski definition) is 0. The fourth-order valence-electron chi connectivity index (χ4n) is 2.06. The summed E-state index contributed by atoms with van der Waals surface area (Å²) in [6, 6.07) is 16.2. The number of aryl methyl sites for hydroxylation is 3. The van der Waals surface area contributed by atoms with Gasteiger partial charge < -0.3 is 24.0 Å². The second kappa shape index (κ2) is 9.94. The number of aromatic nitrogens is 2. The van der Waals surface area contributed by atoms with Crippen LogP contribution in [0.5, 0.6) is 0 Å². The Morgan fingerprint density at radius 2 is 1.38 bits per heavy atom. The van der Waals surface area contributed by atoms with Gasteiger partial charge in [-0.15, -0.1) is 0 Å². The van der Waals surface area contributed by atoms with Gasteiger partial charge in [-0.3, -0.25) is 9.97 Å². The molecule has 3 rings (SSSR count). The summed E-state index contributed by atoms with van der Waals surface area (Å²) in [7, 11) is 0. The molecule has 0 amide bonds. The van der Waals surface area contributed by atoms with Gasteiger partial charge in [0.25, 0.3) is 0 Å². The van der Waals surface area contributed by atoms with Crippen LogP contribution in [0.25, 0.3) is 10.9 Å². The Hall–Kier alpha value is -0.893. The van der Waals surface area contributed by atoms with Crippen molar-refractivity contribution in [2.24, 2.45) is 0 Å². The fourth-order valence-corrected chi connectivity index (χ4v) is 2.06. The third-order valence-electron chi connectivity index (χ3n) is 2.74. The molecule has 0 N–H and O–H groups in total. The predicted octanol–water partition coefficient (Wildman–Crippen LogP) is -1.75. The van der Waals surface area contributed by atoms with E-state index >= 15 is 0 Å². The van der Waals surface area contributed by atoms with Gasteiger partial charge in [-0.2, -0.15) is 0 Å². The van der Waals surface area contributed by atoms with Gasteiger partial charge in [0.15, 0.2) is 0 Å². The first-order valence-corrected chi connectivity index (χ1v) is 6.37. The van der Waals surface area contributed by atoms with Gasteiger partial charge in [-0.05, 0) is 50.6 Å². The van der Waals surface area contributed by atoms with Gasteiger partial charge in [0.1, 0.15) is 0 Å². The Morgan fingerprint density at radius 1 is 0.810 bits per heavy atom. The second-order valence-corrected chi connectivity index (χ2v) is 4.62. The van der Waals surface area contributed by atoms with Crippen molar-refractivity contribution in [1.82, 2.24) is 9.97 Å². The van der Waals surface area contributed by atoms with E-state index in [2.05, 4.69) is 41.2 Å². The van der Waals surface area contributed by atoms with Crippen molar-refractivity contribution in [3.8, 4) is 0 Å². The standard InChI is InChI=1S/C9H7N.C8H11N.HI.Li/c1-2-6-9-8(4-1)5-3-7-10-9;1-6-4-7(2)9-8(3)5-6;;/h1-7H;4-5H,1-3H3;1H;/q;;;+1/p-1. The average Bonchev–Trinajstić information content (AvgIpc) is 2.38. The van der Waals surface area contributed by atoms with Crippen LogP contribution in [0, 0.1) is 20.8 Å². The van der Waals surface area contributed by atoms with Crippen LogP contribution in [0.2, 0.25) is 0 Å². The van der Waals surface area contributed by atoms with Crippen molar-refractivity contribution in [3.63, 3.8) is 0 Å². The number of hydrogen-bond acceptors (Lipinski definition) is 2. The number of para-hydroxylation sites is 1. The number of fused-ring (bicyclic) bond motifs is 1. The molecule has 0 aliphatic heterocycles. The van der Waals surface area contributed by atoms with Gasteiger partial charge >= 0.3 is 18.9 Å². The summed E-state index contributed by atoms with van der Waals surface area (Å²) in [6.45, 7) is 6.11. The molecule has 104 valence electrons. The van der Waals surface area contributed by atoms with Crippen LogP contribution in [0.4, 0.5) is 0 Å². The van der Waals surface area contributed by atoms with E-state index in [4.69, 9.17) is 0 Å². The van der Waals surface area contributed by atoms with Gasteiger partial charge in [0, 0.05) is 23.0 Å². The Morgan fingerprint density at radius 3 is 1.95 bits per heavy atom. The van der Waals surface area contributed by atoms with Crippen molar-refractivity contribution in [2.75, 3.05) is 0 Å². The number of halogens is 1. The number of nitrogens with zero attached hydrogens (tertiary/aromatic N) is 2. The predicted molar refractivity (Wildman–Crippen MR) is 80.2 cm³/mol. The monoisotopic (exact) mass is 384 g/mol. The molecule has 0 bridgehead atoms. The van der Waals surface area contributed by atoms with Crippen LogP contribution in [-0.2, 0) is 0 Å². The zero-order valence-electron chi connectivity index (χ0n) is 13.0. The Labute approximate surface area is 155 Å². The van der Waals surface area contributed by atoms with Crippen molar-refractivity contribution in [2.45, 2.75) is 20.8 Å². The number of rotatable bonds is 0. The summed E-state index contributed by atoms with van der Waals surface area (Å²) < 4.78 is 0. The summed E-state index contributed by atoms with van der Waals surface area (Å²) in [5, 5.41) is 1.20. The maximum Gasteiger partial charge on any atom is 1.00 e. The molecule has 0 saturated carbocycles. The molecular weight excluding hydrogens is 366 g/mol. The van der Waals surface area contributed by atoms with Gasteiger partial charge in [0.2, 0.25) is 0 Å². The van der Waals surface area contributed by atoms with Crippen LogP contribution in [0.15, 0.2) is 54.7 Å². The van der Waals surface area contributed by atoms with Crippen LogP contribution in [-0.4, -0.2) is 9.97 Å². The maximum atomic E-state index is 4.23. The van der Waals surface area contributed by atoms with Crippen molar-refractivity contribution in [3.05, 3.63) is 71.7 Å². The van der Waals surface area contributed by atoms with Crippen LogP contribution in [0.1, 0.15) is 17.0 Å². The third kappa shape index (κ3) is 6.60. The van der Waals surface area contributed by atoms with Crippen molar-refractivity contribution >= 4 is 10.9 Å². The van der Waals surface area contributed by atoms with Crippen LogP contribution < -0.4 is 42.8 Å². The van der Waals surface area contributed by atoms with Gasteiger partial charge in [-0.25, -0.2) is 0 Å². The SMILES string of the molecule is Cc1cc(C)nc(C)c1.[I-].[Li+].c1ccc2ncccc2c1. The minimum absolute atomic E-state index is 0. The molecule has 0 radical (unpaired) electrons. The van der Waals surface area contributed by atoms with Gasteiger partial charge in [0.05, 0.1) is 5.52 Å². The zero-order chi connectivity index (χ0) is 13.7. The van der Waals surface area contributed by atoms with E-state index in [0.717, 1.165) is 16.9 Å². The quantitative estimate of drug-likeness (QED) is 0.340. The molecule has 1 aromatic carbocycles. The molecule has 0 saturated heterocycles. The largest absolute Gasteiger partial charge is 1.00 e. The maximum absolute atomic E-state index is 4.23. The van der Waals surface area contributed by atoms with E-state index in [9.17, 15) is 0 Å². The molecule has 2 nitrogen and oxygen atoms in total. The summed E-state index contributed by atoms with van der Waals surface area (Å²) in [5.41, 5.74) is 4.56. The first-order chi connectivity index (χ1) is 9.15. The smallest absolute Gasteiger partial charge is 1.00 e.